The van der Waals surface area contributed by atoms with Crippen LogP contribution in [0.4, 0.5) is 5.69 Å². The molecule has 1 unspecified atom stereocenters. The summed E-state index contributed by atoms with van der Waals surface area (Å²) in [7, 11) is 1.93. The number of likely N-dealkylation sites (N-methyl/N-ethyl adjacent to an activating group) is 1. The maximum Gasteiger partial charge on any atom is 0.192 e. The molecule has 3 N–H and O–H groups in total. The standard InChI is InChI=1S/C13H19N3O2/c1-9-15-12-4-3-10(7-13(12)18-9)16(2)8-11(17)5-6-14/h3-4,7,11,17H,5-6,8,14H2,1-2H3. The van der Waals surface area contributed by atoms with Gasteiger partial charge >= 0.3 is 0 Å². The molecule has 0 bridgehead atoms. The zero-order chi connectivity index (χ0) is 13.1. The van der Waals surface area contributed by atoms with Crippen molar-refractivity contribution in [3.05, 3.63) is 24.1 Å². The van der Waals surface area contributed by atoms with E-state index in [9.17, 15) is 5.11 Å². The molecule has 0 fully saturated rings. The van der Waals surface area contributed by atoms with E-state index in [-0.39, 0.29) is 0 Å². The predicted molar refractivity (Wildman–Crippen MR) is 71.7 cm³/mol. The average Bonchev–Trinajstić information content (AvgIpc) is 2.68. The predicted octanol–water partition coefficient (Wildman–Crippen LogP) is 1.28. The van der Waals surface area contributed by atoms with Gasteiger partial charge in [0.1, 0.15) is 5.52 Å². The van der Waals surface area contributed by atoms with E-state index in [0.717, 1.165) is 16.8 Å². The summed E-state index contributed by atoms with van der Waals surface area (Å²) in [5, 5.41) is 9.74. The zero-order valence-corrected chi connectivity index (χ0v) is 10.8. The highest BCUT2D eigenvalue weighted by molar-refractivity contribution is 5.77. The second kappa shape index (κ2) is 5.37. The van der Waals surface area contributed by atoms with Gasteiger partial charge in [0.25, 0.3) is 0 Å². The first-order valence-electron chi connectivity index (χ1n) is 6.06. The molecule has 0 saturated heterocycles. The minimum absolute atomic E-state index is 0.410. The van der Waals surface area contributed by atoms with Crippen molar-refractivity contribution in [1.82, 2.24) is 4.98 Å². The third kappa shape index (κ3) is 2.80. The smallest absolute Gasteiger partial charge is 0.192 e. The molecule has 1 heterocycles. The van der Waals surface area contributed by atoms with E-state index < -0.39 is 6.10 Å². The molecule has 5 heteroatoms. The molecule has 0 aliphatic carbocycles. The summed E-state index contributed by atoms with van der Waals surface area (Å²) >= 11 is 0. The molecule has 5 nitrogen and oxygen atoms in total. The quantitative estimate of drug-likeness (QED) is 0.835. The van der Waals surface area contributed by atoms with Gasteiger partial charge in [0.15, 0.2) is 11.5 Å². The molecule has 1 aromatic heterocycles. The summed E-state index contributed by atoms with van der Waals surface area (Å²) in [6.07, 6.45) is 0.195. The van der Waals surface area contributed by atoms with Gasteiger partial charge in [-0.3, -0.25) is 0 Å². The maximum absolute atomic E-state index is 9.74. The Kier molecular flexibility index (Phi) is 3.84. The first-order valence-corrected chi connectivity index (χ1v) is 6.06. The second-order valence-electron chi connectivity index (χ2n) is 4.50. The number of hydrogen-bond acceptors (Lipinski definition) is 5. The van der Waals surface area contributed by atoms with Gasteiger partial charge in [-0.25, -0.2) is 4.98 Å². The van der Waals surface area contributed by atoms with Crippen LogP contribution in [0.15, 0.2) is 22.6 Å². The molecule has 2 aromatic rings. The third-order valence-corrected chi connectivity index (χ3v) is 2.90. The number of hydrogen-bond donors (Lipinski definition) is 2. The lowest BCUT2D eigenvalue weighted by Crippen LogP contribution is -2.30. The Bertz CT molecular complexity index is 524. The van der Waals surface area contributed by atoms with Gasteiger partial charge in [0.2, 0.25) is 0 Å². The van der Waals surface area contributed by atoms with Crippen molar-refractivity contribution >= 4 is 16.8 Å². The largest absolute Gasteiger partial charge is 0.441 e. The van der Waals surface area contributed by atoms with Gasteiger partial charge in [-0.2, -0.15) is 0 Å². The van der Waals surface area contributed by atoms with Crippen LogP contribution in [0.3, 0.4) is 0 Å². The highest BCUT2D eigenvalue weighted by Crippen LogP contribution is 2.22. The lowest BCUT2D eigenvalue weighted by atomic mass is 10.2. The number of nitrogens with two attached hydrogens (primary N) is 1. The Morgan fingerprint density at radius 3 is 3.00 bits per heavy atom. The van der Waals surface area contributed by atoms with Crippen molar-refractivity contribution in [2.24, 2.45) is 5.73 Å². The zero-order valence-electron chi connectivity index (χ0n) is 10.8. The van der Waals surface area contributed by atoms with Crippen LogP contribution in [0.5, 0.6) is 0 Å². The monoisotopic (exact) mass is 249 g/mol. The van der Waals surface area contributed by atoms with Crippen LogP contribution in [-0.4, -0.2) is 36.3 Å². The first kappa shape index (κ1) is 12.9. The Morgan fingerprint density at radius 1 is 1.50 bits per heavy atom. The summed E-state index contributed by atoms with van der Waals surface area (Å²) in [6, 6.07) is 5.83. The summed E-state index contributed by atoms with van der Waals surface area (Å²) in [5.41, 5.74) is 8.04. The lowest BCUT2D eigenvalue weighted by Gasteiger charge is -2.22. The molecule has 18 heavy (non-hydrogen) atoms. The van der Waals surface area contributed by atoms with E-state index in [1.807, 2.05) is 37.1 Å². The Hall–Kier alpha value is -1.59. The fourth-order valence-corrected chi connectivity index (χ4v) is 1.97. The number of fused-ring (bicyclic) bond motifs is 1. The van der Waals surface area contributed by atoms with Crippen molar-refractivity contribution in [2.45, 2.75) is 19.4 Å². The normalized spacial score (nSPS) is 12.9. The molecule has 1 aromatic carbocycles. The molecule has 0 radical (unpaired) electrons. The molecule has 0 amide bonds. The van der Waals surface area contributed by atoms with Crippen molar-refractivity contribution < 1.29 is 9.52 Å². The Labute approximate surface area is 106 Å². The number of aliphatic hydroxyl groups is 1. The molecule has 0 aliphatic heterocycles. The molecule has 0 spiro atoms. The van der Waals surface area contributed by atoms with Crippen LogP contribution in [0.2, 0.25) is 0 Å². The topological polar surface area (TPSA) is 75.5 Å². The molecule has 1 atom stereocenters. The number of aryl methyl sites for hydroxylation is 1. The van der Waals surface area contributed by atoms with Gasteiger partial charge in [0.05, 0.1) is 6.10 Å². The van der Waals surface area contributed by atoms with Gasteiger partial charge in [0, 0.05) is 32.3 Å². The summed E-state index contributed by atoms with van der Waals surface area (Å²) in [6.45, 7) is 2.87. The highest BCUT2D eigenvalue weighted by atomic mass is 16.3. The summed E-state index contributed by atoms with van der Waals surface area (Å²) < 4.78 is 5.49. The van der Waals surface area contributed by atoms with E-state index in [0.29, 0.717) is 25.4 Å². The molecule has 2 rings (SSSR count). The molecular weight excluding hydrogens is 230 g/mol. The number of aliphatic hydroxyl groups excluding tert-OH is 1. The van der Waals surface area contributed by atoms with Crippen LogP contribution in [-0.2, 0) is 0 Å². The van der Waals surface area contributed by atoms with Gasteiger partial charge in [-0.15, -0.1) is 0 Å². The number of nitrogens with zero attached hydrogens (tertiary/aromatic N) is 2. The molecular formula is C13H19N3O2. The Balaban J connectivity index is 2.14. The Morgan fingerprint density at radius 2 is 2.28 bits per heavy atom. The van der Waals surface area contributed by atoms with Gasteiger partial charge in [-0.05, 0) is 25.1 Å². The number of rotatable bonds is 5. The van der Waals surface area contributed by atoms with Gasteiger partial charge in [-0.1, -0.05) is 0 Å². The lowest BCUT2D eigenvalue weighted by molar-refractivity contribution is 0.174. The van der Waals surface area contributed by atoms with Crippen LogP contribution in [0.25, 0.3) is 11.1 Å². The van der Waals surface area contributed by atoms with E-state index in [1.165, 1.54) is 0 Å². The summed E-state index contributed by atoms with van der Waals surface area (Å²) in [4.78, 5) is 6.24. The first-order chi connectivity index (χ1) is 8.60. The van der Waals surface area contributed by atoms with Crippen LogP contribution >= 0.6 is 0 Å². The number of benzene rings is 1. The number of anilines is 1. The van der Waals surface area contributed by atoms with Crippen LogP contribution in [0.1, 0.15) is 12.3 Å². The summed E-state index contributed by atoms with van der Waals surface area (Å²) in [5.74, 6) is 0.660. The van der Waals surface area contributed by atoms with Crippen molar-refractivity contribution in [2.75, 3.05) is 25.0 Å². The van der Waals surface area contributed by atoms with Crippen LogP contribution in [0, 0.1) is 6.92 Å². The maximum atomic E-state index is 9.74. The SMILES string of the molecule is Cc1nc2ccc(N(C)CC(O)CCN)cc2o1. The van der Waals surface area contributed by atoms with Crippen LogP contribution < -0.4 is 10.6 Å². The minimum atomic E-state index is -0.410. The second-order valence-corrected chi connectivity index (χ2v) is 4.50. The molecule has 0 aliphatic rings. The third-order valence-electron chi connectivity index (χ3n) is 2.90. The number of aromatic nitrogens is 1. The minimum Gasteiger partial charge on any atom is -0.441 e. The average molecular weight is 249 g/mol. The van der Waals surface area contributed by atoms with E-state index >= 15 is 0 Å². The fraction of sp³-hybridized carbons (Fsp3) is 0.462. The van der Waals surface area contributed by atoms with E-state index in [2.05, 4.69) is 4.98 Å². The van der Waals surface area contributed by atoms with Crippen molar-refractivity contribution in [3.8, 4) is 0 Å². The molecule has 98 valence electrons. The fourth-order valence-electron chi connectivity index (χ4n) is 1.97. The molecule has 0 saturated carbocycles. The van der Waals surface area contributed by atoms with E-state index in [4.69, 9.17) is 10.2 Å². The van der Waals surface area contributed by atoms with Crippen molar-refractivity contribution in [3.63, 3.8) is 0 Å². The van der Waals surface area contributed by atoms with E-state index in [1.54, 1.807) is 0 Å². The highest BCUT2D eigenvalue weighted by Gasteiger charge is 2.10. The van der Waals surface area contributed by atoms with Gasteiger partial charge < -0.3 is 20.2 Å². The van der Waals surface area contributed by atoms with Crippen molar-refractivity contribution in [1.29, 1.82) is 0 Å². The number of oxazole rings is 1.